The minimum absolute atomic E-state index is 0.0667. The van der Waals surface area contributed by atoms with Crippen LogP contribution in [0.1, 0.15) is 11.9 Å². The standard InChI is InChI=1S/C19H18N4O/c1-24-16-11-9-15(10-12-16)23-19(17-8-5-13-20-17)21-18(22-23)14-6-3-2-4-7-14/h2-12,17,20H,13H2,1H3. The smallest absolute Gasteiger partial charge is 0.181 e. The van der Waals surface area contributed by atoms with E-state index < -0.39 is 0 Å². The van der Waals surface area contributed by atoms with Gasteiger partial charge in [-0.1, -0.05) is 42.5 Å². The van der Waals surface area contributed by atoms with Crippen molar-refractivity contribution in [1.29, 1.82) is 0 Å². The number of benzene rings is 2. The van der Waals surface area contributed by atoms with E-state index in [4.69, 9.17) is 14.8 Å². The van der Waals surface area contributed by atoms with Gasteiger partial charge in [-0.25, -0.2) is 9.67 Å². The molecule has 0 aliphatic carbocycles. The Morgan fingerprint density at radius 2 is 1.88 bits per heavy atom. The first-order chi connectivity index (χ1) is 11.8. The first kappa shape index (κ1) is 14.7. The molecule has 0 radical (unpaired) electrons. The fourth-order valence-electron chi connectivity index (χ4n) is 2.79. The number of hydrogen-bond donors (Lipinski definition) is 1. The summed E-state index contributed by atoms with van der Waals surface area (Å²) in [6.07, 6.45) is 4.23. The second-order valence-electron chi connectivity index (χ2n) is 5.58. The van der Waals surface area contributed by atoms with Crippen LogP contribution in [-0.4, -0.2) is 28.4 Å². The Kier molecular flexibility index (Phi) is 3.84. The Balaban J connectivity index is 1.81. The van der Waals surface area contributed by atoms with Gasteiger partial charge in [-0.3, -0.25) is 0 Å². The summed E-state index contributed by atoms with van der Waals surface area (Å²) in [4.78, 5) is 4.79. The van der Waals surface area contributed by atoms with Crippen LogP contribution >= 0.6 is 0 Å². The average Bonchev–Trinajstić information content (AvgIpc) is 3.32. The van der Waals surface area contributed by atoms with Crippen molar-refractivity contribution in [3.05, 3.63) is 72.6 Å². The summed E-state index contributed by atoms with van der Waals surface area (Å²) >= 11 is 0. The second-order valence-corrected chi connectivity index (χ2v) is 5.58. The van der Waals surface area contributed by atoms with Crippen molar-refractivity contribution < 1.29 is 4.74 Å². The molecule has 4 rings (SSSR count). The van der Waals surface area contributed by atoms with Gasteiger partial charge in [0.2, 0.25) is 0 Å². The summed E-state index contributed by atoms with van der Waals surface area (Å²) in [6, 6.07) is 17.9. The van der Waals surface area contributed by atoms with Gasteiger partial charge in [0, 0.05) is 12.1 Å². The SMILES string of the molecule is COc1ccc(-n2nc(-c3ccccc3)nc2C2C=CCN2)cc1. The lowest BCUT2D eigenvalue weighted by Gasteiger charge is -2.11. The van der Waals surface area contributed by atoms with Crippen LogP contribution in [0.15, 0.2) is 66.7 Å². The Morgan fingerprint density at radius 1 is 1.08 bits per heavy atom. The summed E-state index contributed by atoms with van der Waals surface area (Å²) in [5.41, 5.74) is 1.97. The molecule has 0 spiro atoms. The Bertz CT molecular complexity index is 853. The molecule has 3 aromatic rings. The van der Waals surface area contributed by atoms with Crippen molar-refractivity contribution in [2.45, 2.75) is 6.04 Å². The molecule has 2 heterocycles. The van der Waals surface area contributed by atoms with Gasteiger partial charge in [0.05, 0.1) is 18.8 Å². The lowest BCUT2D eigenvalue weighted by atomic mass is 10.2. The number of nitrogens with one attached hydrogen (secondary N) is 1. The van der Waals surface area contributed by atoms with E-state index in [9.17, 15) is 0 Å². The molecule has 0 fully saturated rings. The van der Waals surface area contributed by atoms with Gasteiger partial charge in [-0.05, 0) is 24.3 Å². The monoisotopic (exact) mass is 318 g/mol. The highest BCUT2D eigenvalue weighted by Crippen LogP contribution is 2.25. The molecule has 1 N–H and O–H groups in total. The van der Waals surface area contributed by atoms with Gasteiger partial charge in [-0.2, -0.15) is 0 Å². The van der Waals surface area contributed by atoms with E-state index in [0.29, 0.717) is 0 Å². The maximum Gasteiger partial charge on any atom is 0.181 e. The summed E-state index contributed by atoms with van der Waals surface area (Å²) in [5.74, 6) is 2.43. The average molecular weight is 318 g/mol. The topological polar surface area (TPSA) is 52.0 Å². The van der Waals surface area contributed by atoms with E-state index in [-0.39, 0.29) is 6.04 Å². The molecule has 2 aromatic carbocycles. The number of rotatable bonds is 4. The highest BCUT2D eigenvalue weighted by molar-refractivity contribution is 5.55. The van der Waals surface area contributed by atoms with Crippen LogP contribution in [0.25, 0.3) is 17.1 Å². The molecule has 1 aliphatic rings. The first-order valence-corrected chi connectivity index (χ1v) is 7.92. The molecule has 1 unspecified atom stereocenters. The van der Waals surface area contributed by atoms with E-state index in [2.05, 4.69) is 17.5 Å². The van der Waals surface area contributed by atoms with Crippen molar-refractivity contribution in [3.63, 3.8) is 0 Å². The fourth-order valence-corrected chi connectivity index (χ4v) is 2.79. The molecule has 1 aromatic heterocycles. The normalized spacial score (nSPS) is 16.5. The molecule has 0 amide bonds. The quantitative estimate of drug-likeness (QED) is 0.751. The van der Waals surface area contributed by atoms with E-state index in [1.165, 1.54) is 0 Å². The van der Waals surface area contributed by atoms with Crippen molar-refractivity contribution >= 4 is 0 Å². The molecule has 5 heteroatoms. The van der Waals surface area contributed by atoms with Crippen LogP contribution in [0.4, 0.5) is 0 Å². The number of ether oxygens (including phenoxy) is 1. The highest BCUT2D eigenvalue weighted by Gasteiger charge is 2.21. The maximum absolute atomic E-state index is 5.24. The number of hydrogen-bond acceptors (Lipinski definition) is 4. The molecule has 5 nitrogen and oxygen atoms in total. The Morgan fingerprint density at radius 3 is 2.54 bits per heavy atom. The summed E-state index contributed by atoms with van der Waals surface area (Å²) in [7, 11) is 1.66. The van der Waals surface area contributed by atoms with Gasteiger partial charge in [-0.15, -0.1) is 5.10 Å². The number of nitrogens with zero attached hydrogens (tertiary/aromatic N) is 3. The largest absolute Gasteiger partial charge is 0.497 e. The summed E-state index contributed by atoms with van der Waals surface area (Å²) in [6.45, 7) is 0.848. The van der Waals surface area contributed by atoms with Crippen molar-refractivity contribution in [2.24, 2.45) is 0 Å². The van der Waals surface area contributed by atoms with Crippen LogP contribution in [-0.2, 0) is 0 Å². The number of methoxy groups -OCH3 is 1. The third-order valence-electron chi connectivity index (χ3n) is 4.04. The fraction of sp³-hybridized carbons (Fsp3) is 0.158. The lowest BCUT2D eigenvalue weighted by molar-refractivity contribution is 0.414. The van der Waals surface area contributed by atoms with E-state index in [1.54, 1.807) is 7.11 Å². The minimum Gasteiger partial charge on any atom is -0.497 e. The first-order valence-electron chi connectivity index (χ1n) is 7.92. The maximum atomic E-state index is 5.24. The molecule has 0 bridgehead atoms. The van der Waals surface area contributed by atoms with Crippen molar-refractivity contribution in [3.8, 4) is 22.8 Å². The Labute approximate surface area is 140 Å². The summed E-state index contributed by atoms with van der Waals surface area (Å²) < 4.78 is 7.14. The zero-order valence-corrected chi connectivity index (χ0v) is 13.4. The zero-order chi connectivity index (χ0) is 16.4. The van der Waals surface area contributed by atoms with E-state index in [1.807, 2.05) is 59.3 Å². The highest BCUT2D eigenvalue weighted by atomic mass is 16.5. The van der Waals surface area contributed by atoms with E-state index in [0.717, 1.165) is 35.2 Å². The summed E-state index contributed by atoms with van der Waals surface area (Å²) in [5, 5.41) is 8.15. The number of aromatic nitrogens is 3. The third-order valence-corrected chi connectivity index (χ3v) is 4.04. The molecular weight excluding hydrogens is 300 g/mol. The molecule has 120 valence electrons. The molecule has 1 aliphatic heterocycles. The van der Waals surface area contributed by atoms with E-state index >= 15 is 0 Å². The van der Waals surface area contributed by atoms with Crippen LogP contribution < -0.4 is 10.1 Å². The van der Waals surface area contributed by atoms with Gasteiger partial charge in [0.1, 0.15) is 5.75 Å². The molecule has 0 saturated carbocycles. The van der Waals surface area contributed by atoms with Gasteiger partial charge >= 0.3 is 0 Å². The second kappa shape index (κ2) is 6.29. The van der Waals surface area contributed by atoms with Crippen molar-refractivity contribution in [2.75, 3.05) is 13.7 Å². The lowest BCUT2D eigenvalue weighted by Crippen LogP contribution is -2.18. The van der Waals surface area contributed by atoms with Gasteiger partial charge in [0.15, 0.2) is 11.6 Å². The molecule has 0 saturated heterocycles. The molecule has 1 atom stereocenters. The minimum atomic E-state index is 0.0667. The Hall–Kier alpha value is -2.92. The van der Waals surface area contributed by atoms with Crippen LogP contribution in [0.3, 0.4) is 0 Å². The van der Waals surface area contributed by atoms with Crippen LogP contribution in [0.5, 0.6) is 5.75 Å². The predicted molar refractivity (Wildman–Crippen MR) is 93.2 cm³/mol. The van der Waals surface area contributed by atoms with Gasteiger partial charge < -0.3 is 10.1 Å². The zero-order valence-electron chi connectivity index (χ0n) is 13.4. The van der Waals surface area contributed by atoms with Crippen molar-refractivity contribution in [1.82, 2.24) is 20.1 Å². The van der Waals surface area contributed by atoms with Crippen LogP contribution in [0, 0.1) is 0 Å². The third kappa shape index (κ3) is 2.70. The predicted octanol–water partition coefficient (Wildman–Crippen LogP) is 3.14. The van der Waals surface area contributed by atoms with Crippen LogP contribution in [0.2, 0.25) is 0 Å². The van der Waals surface area contributed by atoms with Gasteiger partial charge in [0.25, 0.3) is 0 Å². The molecule has 24 heavy (non-hydrogen) atoms. The molecular formula is C19H18N4O.